The Kier molecular flexibility index (Phi) is 7.11. The molecule has 4 heterocycles. The number of nitrogens with zero attached hydrogens (tertiary/aromatic N) is 2. The molecule has 0 bridgehead atoms. The average molecular weight is 527 g/mol. The number of amides is 2. The molecule has 5 rings (SSSR count). The van der Waals surface area contributed by atoms with Crippen LogP contribution in [0.2, 0.25) is 0 Å². The van der Waals surface area contributed by atoms with E-state index in [1.54, 1.807) is 29.0 Å². The number of fused-ring (bicyclic) bond motifs is 2. The number of cyclic esters (lactones) is 1. The van der Waals surface area contributed by atoms with E-state index in [4.69, 9.17) is 9.47 Å². The van der Waals surface area contributed by atoms with Crippen LogP contribution in [0.25, 0.3) is 0 Å². The van der Waals surface area contributed by atoms with E-state index in [9.17, 15) is 19.5 Å². The number of benzene rings is 1. The summed E-state index contributed by atoms with van der Waals surface area (Å²) >= 11 is 1.51. The minimum Gasteiger partial charge on any atom is -0.497 e. The van der Waals surface area contributed by atoms with E-state index in [0.717, 1.165) is 6.42 Å². The minimum atomic E-state index is -0.945. The van der Waals surface area contributed by atoms with Gasteiger partial charge < -0.3 is 24.4 Å². The lowest BCUT2D eigenvalue weighted by Crippen LogP contribution is -2.58. The lowest BCUT2D eigenvalue weighted by molar-refractivity contribution is -0.153. The van der Waals surface area contributed by atoms with Gasteiger partial charge in [0.05, 0.1) is 42.9 Å². The van der Waals surface area contributed by atoms with Crippen molar-refractivity contribution in [2.45, 2.75) is 48.8 Å². The third kappa shape index (κ3) is 4.07. The SMILES string of the molecule is CC[C@H](C)[C@H](CO)N1C(=O)[C@@H]2[C@H]3C(=O)OCCC=C[C@H]3S[C@@]23C=CCN(c2ccc(OC)cc2)C(=O)C13. The number of esters is 1. The van der Waals surface area contributed by atoms with Gasteiger partial charge in [-0.3, -0.25) is 14.4 Å². The number of carbonyl (C=O) groups excluding carboxylic acids is 3. The molecule has 1 aromatic rings. The van der Waals surface area contributed by atoms with Crippen molar-refractivity contribution in [1.29, 1.82) is 0 Å². The molecule has 0 aliphatic carbocycles. The molecule has 4 aliphatic rings. The number of methoxy groups -OCH3 is 1. The first-order valence-corrected chi connectivity index (χ1v) is 13.8. The van der Waals surface area contributed by atoms with Crippen molar-refractivity contribution < 1.29 is 29.0 Å². The van der Waals surface area contributed by atoms with E-state index in [1.165, 1.54) is 11.8 Å². The van der Waals surface area contributed by atoms with Crippen LogP contribution >= 0.6 is 11.8 Å². The molecule has 1 aromatic carbocycles. The van der Waals surface area contributed by atoms with Crippen molar-refractivity contribution in [3.8, 4) is 5.75 Å². The fraction of sp³-hybridized carbons (Fsp3) is 0.536. The van der Waals surface area contributed by atoms with E-state index in [1.807, 2.05) is 50.3 Å². The molecule has 0 saturated carbocycles. The molecule has 1 unspecified atom stereocenters. The first-order valence-electron chi connectivity index (χ1n) is 12.9. The number of likely N-dealkylation sites (tertiary alicyclic amines) is 1. The second kappa shape index (κ2) is 10.2. The van der Waals surface area contributed by atoms with Gasteiger partial charge in [0.15, 0.2) is 0 Å². The Labute approximate surface area is 221 Å². The highest BCUT2D eigenvalue weighted by Gasteiger charge is 2.72. The average Bonchev–Trinajstić information content (AvgIpc) is 3.28. The van der Waals surface area contributed by atoms with Gasteiger partial charge in [0.25, 0.3) is 5.91 Å². The number of hydrogen-bond acceptors (Lipinski definition) is 7. The molecular formula is C28H34N2O6S. The summed E-state index contributed by atoms with van der Waals surface area (Å²) in [7, 11) is 1.59. The maximum Gasteiger partial charge on any atom is 0.311 e. The fourth-order valence-corrected chi connectivity index (χ4v) is 8.20. The predicted octanol–water partition coefficient (Wildman–Crippen LogP) is 2.81. The number of ether oxygens (including phenoxy) is 2. The molecule has 198 valence electrons. The van der Waals surface area contributed by atoms with Crippen LogP contribution in [0.4, 0.5) is 5.69 Å². The van der Waals surface area contributed by atoms with E-state index in [2.05, 4.69) is 0 Å². The Morgan fingerprint density at radius 2 is 1.95 bits per heavy atom. The summed E-state index contributed by atoms with van der Waals surface area (Å²) in [4.78, 5) is 45.3. The second-order valence-corrected chi connectivity index (χ2v) is 11.6. The molecule has 2 saturated heterocycles. The first kappa shape index (κ1) is 25.9. The molecule has 9 heteroatoms. The number of hydrogen-bond donors (Lipinski definition) is 1. The molecule has 37 heavy (non-hydrogen) atoms. The summed E-state index contributed by atoms with van der Waals surface area (Å²) in [5.41, 5.74) is 0.695. The lowest BCUT2D eigenvalue weighted by atomic mass is 9.78. The minimum absolute atomic E-state index is 0.0377. The van der Waals surface area contributed by atoms with E-state index in [-0.39, 0.29) is 42.2 Å². The highest BCUT2D eigenvalue weighted by molar-refractivity contribution is 8.02. The van der Waals surface area contributed by atoms with Crippen molar-refractivity contribution in [2.75, 3.05) is 31.8 Å². The normalized spacial score (nSPS) is 32.6. The van der Waals surface area contributed by atoms with Crippen molar-refractivity contribution >= 4 is 35.2 Å². The summed E-state index contributed by atoms with van der Waals surface area (Å²) in [6.07, 6.45) is 9.26. The Hall–Kier alpha value is -2.78. The van der Waals surface area contributed by atoms with Gasteiger partial charge in [-0.15, -0.1) is 11.8 Å². The zero-order valence-electron chi connectivity index (χ0n) is 21.4. The zero-order chi connectivity index (χ0) is 26.3. The number of anilines is 1. The molecule has 2 fully saturated rings. The third-order valence-corrected chi connectivity index (χ3v) is 10.0. The molecular weight excluding hydrogens is 492 g/mol. The quantitative estimate of drug-likeness (QED) is 0.450. The summed E-state index contributed by atoms with van der Waals surface area (Å²) in [6, 6.07) is 5.85. The Morgan fingerprint density at radius 3 is 2.62 bits per heavy atom. The van der Waals surface area contributed by atoms with Crippen molar-refractivity contribution in [2.24, 2.45) is 17.8 Å². The number of aliphatic hydroxyl groups excluding tert-OH is 1. The van der Waals surface area contributed by atoms with Crippen molar-refractivity contribution in [3.05, 3.63) is 48.6 Å². The summed E-state index contributed by atoms with van der Waals surface area (Å²) in [6.45, 7) is 4.33. The second-order valence-electron chi connectivity index (χ2n) is 10.2. The summed E-state index contributed by atoms with van der Waals surface area (Å²) in [5, 5.41) is 10.2. The van der Waals surface area contributed by atoms with Crippen LogP contribution in [0.15, 0.2) is 48.6 Å². The van der Waals surface area contributed by atoms with Crippen LogP contribution in [0, 0.1) is 17.8 Å². The maximum absolute atomic E-state index is 14.5. The first-order chi connectivity index (χ1) is 17.9. The van der Waals surface area contributed by atoms with Gasteiger partial charge in [0, 0.05) is 17.5 Å². The zero-order valence-corrected chi connectivity index (χ0v) is 22.2. The van der Waals surface area contributed by atoms with Gasteiger partial charge in [0.2, 0.25) is 5.91 Å². The topological polar surface area (TPSA) is 96.4 Å². The van der Waals surface area contributed by atoms with Gasteiger partial charge in [0.1, 0.15) is 11.8 Å². The van der Waals surface area contributed by atoms with E-state index >= 15 is 0 Å². The number of thioether (sulfide) groups is 1. The molecule has 1 spiro atoms. The van der Waals surface area contributed by atoms with Gasteiger partial charge in [-0.2, -0.15) is 0 Å². The molecule has 4 aliphatic heterocycles. The number of rotatable bonds is 6. The monoisotopic (exact) mass is 526 g/mol. The van der Waals surface area contributed by atoms with Crippen LogP contribution in [0.1, 0.15) is 26.7 Å². The van der Waals surface area contributed by atoms with Crippen LogP contribution in [-0.4, -0.2) is 76.7 Å². The van der Waals surface area contributed by atoms with Crippen LogP contribution < -0.4 is 9.64 Å². The summed E-state index contributed by atoms with van der Waals surface area (Å²) in [5.74, 6) is -1.67. The lowest BCUT2D eigenvalue weighted by Gasteiger charge is -2.40. The van der Waals surface area contributed by atoms with E-state index < -0.39 is 28.7 Å². The Morgan fingerprint density at radius 1 is 1.19 bits per heavy atom. The Bertz CT molecular complexity index is 1120. The molecule has 1 N–H and O–H groups in total. The van der Waals surface area contributed by atoms with Crippen LogP contribution in [0.3, 0.4) is 0 Å². The number of aliphatic hydroxyl groups is 1. The van der Waals surface area contributed by atoms with Gasteiger partial charge in [-0.1, -0.05) is 44.6 Å². The molecule has 0 aromatic heterocycles. The Balaban J connectivity index is 1.64. The molecule has 7 atom stereocenters. The fourth-order valence-electron chi connectivity index (χ4n) is 6.21. The highest BCUT2D eigenvalue weighted by Crippen LogP contribution is 2.61. The van der Waals surface area contributed by atoms with Gasteiger partial charge in [-0.05, 0) is 36.6 Å². The molecule has 0 radical (unpaired) electrons. The van der Waals surface area contributed by atoms with E-state index in [0.29, 0.717) is 24.4 Å². The summed E-state index contributed by atoms with van der Waals surface area (Å²) < 4.78 is 9.87. The third-order valence-electron chi connectivity index (χ3n) is 8.29. The highest BCUT2D eigenvalue weighted by atomic mass is 32.2. The smallest absolute Gasteiger partial charge is 0.311 e. The van der Waals surface area contributed by atoms with Gasteiger partial charge >= 0.3 is 5.97 Å². The van der Waals surface area contributed by atoms with Crippen molar-refractivity contribution in [1.82, 2.24) is 4.90 Å². The standard InChI is InChI=1S/C28H34N2O6S/c1-4-17(2)20(16-31)30-24-26(33)29(18-9-11-19(35-3)12-10-18)14-7-13-28(24)23(25(30)32)22-21(37-28)8-5-6-15-36-27(22)34/h5,7-13,17,20-24,31H,4,6,14-16H2,1-3H3/t17-,20-,21+,22-,23-,24?,28-/m0/s1. The van der Waals surface area contributed by atoms with Crippen LogP contribution in [0.5, 0.6) is 5.75 Å². The van der Waals surface area contributed by atoms with Crippen LogP contribution in [-0.2, 0) is 19.1 Å². The molecule has 2 amide bonds. The maximum atomic E-state index is 14.5. The largest absolute Gasteiger partial charge is 0.497 e. The number of carbonyl (C=O) groups is 3. The predicted molar refractivity (Wildman–Crippen MR) is 141 cm³/mol. The van der Waals surface area contributed by atoms with Gasteiger partial charge in [-0.25, -0.2) is 0 Å². The molecule has 8 nitrogen and oxygen atoms in total. The van der Waals surface area contributed by atoms with Crippen molar-refractivity contribution in [3.63, 3.8) is 0 Å².